The largest absolute Gasteiger partial charge is 0.335 e. The summed E-state index contributed by atoms with van der Waals surface area (Å²) in [6, 6.07) is 9.53. The van der Waals surface area contributed by atoms with Crippen LogP contribution in [0.4, 0.5) is 0 Å². The zero-order chi connectivity index (χ0) is 16.3. The number of benzene rings is 1. The van der Waals surface area contributed by atoms with Gasteiger partial charge >= 0.3 is 0 Å². The zero-order valence-corrected chi connectivity index (χ0v) is 14.0. The third-order valence-electron chi connectivity index (χ3n) is 4.10. The minimum atomic E-state index is -0.379. The summed E-state index contributed by atoms with van der Waals surface area (Å²) in [5.74, 6) is 0.0876. The molecule has 1 aliphatic heterocycles. The van der Waals surface area contributed by atoms with Crippen molar-refractivity contribution in [2.24, 2.45) is 5.41 Å². The number of carbonyl (C=O) groups is 2. The summed E-state index contributed by atoms with van der Waals surface area (Å²) in [6.07, 6.45) is 1.47. The van der Waals surface area contributed by atoms with E-state index < -0.39 is 0 Å². The third-order valence-corrected chi connectivity index (χ3v) is 4.10. The van der Waals surface area contributed by atoms with Crippen molar-refractivity contribution in [2.45, 2.75) is 39.7 Å². The average Bonchev–Trinajstić information content (AvgIpc) is 2.44. The van der Waals surface area contributed by atoms with Gasteiger partial charge in [0.05, 0.1) is 6.54 Å². The molecule has 0 spiro atoms. The number of carbonyl (C=O) groups excluding carboxylic acids is 2. The highest BCUT2D eigenvalue weighted by atomic mass is 16.2. The standard InChI is InChI=1S/C18H26N2O2/c1-18(2,3)10-11-20-15(12-14-8-6-5-7-9-14)17(22)19(4)13-16(20)21/h5-9,15H,10-13H2,1-4H3/t15-/m0/s1. The summed E-state index contributed by atoms with van der Waals surface area (Å²) >= 11 is 0. The van der Waals surface area contributed by atoms with Gasteiger partial charge in [-0.2, -0.15) is 0 Å². The van der Waals surface area contributed by atoms with E-state index >= 15 is 0 Å². The SMILES string of the molecule is CN1CC(=O)N(CCC(C)(C)C)[C@@H](Cc2ccccc2)C1=O. The van der Waals surface area contributed by atoms with Crippen LogP contribution in [0, 0.1) is 5.41 Å². The molecule has 1 heterocycles. The molecule has 0 bridgehead atoms. The van der Waals surface area contributed by atoms with Crippen LogP contribution in [0.5, 0.6) is 0 Å². The summed E-state index contributed by atoms with van der Waals surface area (Å²) in [4.78, 5) is 28.3. The number of piperazine rings is 1. The molecule has 1 atom stereocenters. The van der Waals surface area contributed by atoms with Crippen molar-refractivity contribution < 1.29 is 9.59 Å². The molecule has 1 aromatic rings. The van der Waals surface area contributed by atoms with Crippen molar-refractivity contribution in [1.82, 2.24) is 9.80 Å². The Kier molecular flexibility index (Phi) is 4.89. The normalized spacial score (nSPS) is 19.7. The lowest BCUT2D eigenvalue weighted by atomic mass is 9.91. The molecule has 4 nitrogen and oxygen atoms in total. The van der Waals surface area contributed by atoms with Gasteiger partial charge in [-0.25, -0.2) is 0 Å². The van der Waals surface area contributed by atoms with Gasteiger partial charge in [-0.3, -0.25) is 9.59 Å². The fraction of sp³-hybridized carbons (Fsp3) is 0.556. The Bertz CT molecular complexity index is 534. The maximum Gasteiger partial charge on any atom is 0.245 e. The first-order valence-electron chi connectivity index (χ1n) is 7.86. The van der Waals surface area contributed by atoms with E-state index in [9.17, 15) is 9.59 Å². The number of nitrogens with zero attached hydrogens (tertiary/aromatic N) is 2. The van der Waals surface area contributed by atoms with Crippen LogP contribution in [0.2, 0.25) is 0 Å². The second kappa shape index (κ2) is 6.51. The number of amides is 2. The smallest absolute Gasteiger partial charge is 0.245 e. The number of hydrogen-bond acceptors (Lipinski definition) is 2. The molecule has 2 amide bonds. The molecule has 0 aliphatic carbocycles. The fourth-order valence-corrected chi connectivity index (χ4v) is 2.70. The van der Waals surface area contributed by atoms with Crippen molar-refractivity contribution in [1.29, 1.82) is 0 Å². The van der Waals surface area contributed by atoms with Crippen LogP contribution in [0.15, 0.2) is 30.3 Å². The van der Waals surface area contributed by atoms with Crippen molar-refractivity contribution in [2.75, 3.05) is 20.1 Å². The Balaban J connectivity index is 2.18. The molecule has 0 N–H and O–H groups in total. The van der Waals surface area contributed by atoms with Crippen molar-refractivity contribution in [3.8, 4) is 0 Å². The summed E-state index contributed by atoms with van der Waals surface area (Å²) in [5.41, 5.74) is 1.23. The fourth-order valence-electron chi connectivity index (χ4n) is 2.70. The zero-order valence-electron chi connectivity index (χ0n) is 14.0. The highest BCUT2D eigenvalue weighted by molar-refractivity contribution is 5.94. The lowest BCUT2D eigenvalue weighted by Gasteiger charge is -2.40. The Morgan fingerprint density at radius 1 is 1.14 bits per heavy atom. The Labute approximate surface area is 133 Å². The highest BCUT2D eigenvalue weighted by Gasteiger charge is 2.37. The van der Waals surface area contributed by atoms with Gasteiger partial charge in [0.1, 0.15) is 6.04 Å². The number of rotatable bonds is 4. The summed E-state index contributed by atoms with van der Waals surface area (Å²) in [6.45, 7) is 7.29. The molecule has 4 heteroatoms. The predicted octanol–water partition coefficient (Wildman–Crippen LogP) is 2.33. The van der Waals surface area contributed by atoms with E-state index in [0.29, 0.717) is 13.0 Å². The monoisotopic (exact) mass is 302 g/mol. The second-order valence-corrected chi connectivity index (χ2v) is 7.30. The molecule has 22 heavy (non-hydrogen) atoms. The predicted molar refractivity (Wildman–Crippen MR) is 87.4 cm³/mol. The van der Waals surface area contributed by atoms with E-state index in [2.05, 4.69) is 20.8 Å². The Morgan fingerprint density at radius 3 is 2.36 bits per heavy atom. The first-order chi connectivity index (χ1) is 10.3. The van der Waals surface area contributed by atoms with Gasteiger partial charge in [0.25, 0.3) is 0 Å². The van der Waals surface area contributed by atoms with Crippen LogP contribution in [0.25, 0.3) is 0 Å². The maximum absolute atomic E-state index is 12.5. The number of hydrogen-bond donors (Lipinski definition) is 0. The van der Waals surface area contributed by atoms with Crippen molar-refractivity contribution in [3.05, 3.63) is 35.9 Å². The van der Waals surface area contributed by atoms with Crippen LogP contribution in [-0.4, -0.2) is 47.8 Å². The first kappa shape index (κ1) is 16.5. The molecular weight excluding hydrogens is 276 g/mol. The molecule has 2 rings (SSSR count). The topological polar surface area (TPSA) is 40.6 Å². The van der Waals surface area contributed by atoms with Gasteiger partial charge in [-0.1, -0.05) is 51.1 Å². The molecule has 1 aliphatic rings. The van der Waals surface area contributed by atoms with E-state index in [4.69, 9.17) is 0 Å². The van der Waals surface area contributed by atoms with Crippen LogP contribution < -0.4 is 0 Å². The second-order valence-electron chi connectivity index (χ2n) is 7.30. The van der Waals surface area contributed by atoms with Gasteiger partial charge in [0.2, 0.25) is 11.8 Å². The summed E-state index contributed by atoms with van der Waals surface area (Å²) < 4.78 is 0. The van der Waals surface area contributed by atoms with Gasteiger partial charge < -0.3 is 9.80 Å². The van der Waals surface area contributed by atoms with Crippen LogP contribution in [0.1, 0.15) is 32.8 Å². The molecule has 0 aromatic heterocycles. The van der Waals surface area contributed by atoms with Gasteiger partial charge in [0, 0.05) is 20.0 Å². The summed E-state index contributed by atoms with van der Waals surface area (Å²) in [5, 5.41) is 0. The molecule has 0 radical (unpaired) electrons. The lowest BCUT2D eigenvalue weighted by molar-refractivity contribution is -0.154. The highest BCUT2D eigenvalue weighted by Crippen LogP contribution is 2.23. The lowest BCUT2D eigenvalue weighted by Crippen LogP contribution is -2.59. The van der Waals surface area contributed by atoms with Crippen LogP contribution >= 0.6 is 0 Å². The van der Waals surface area contributed by atoms with E-state index in [-0.39, 0.29) is 29.8 Å². The maximum atomic E-state index is 12.5. The molecular formula is C18H26N2O2. The van der Waals surface area contributed by atoms with Crippen LogP contribution in [0.3, 0.4) is 0 Å². The average molecular weight is 302 g/mol. The Morgan fingerprint density at radius 2 is 1.77 bits per heavy atom. The quantitative estimate of drug-likeness (QED) is 0.856. The van der Waals surface area contributed by atoms with E-state index in [1.165, 1.54) is 0 Å². The molecule has 1 saturated heterocycles. The van der Waals surface area contributed by atoms with Crippen molar-refractivity contribution >= 4 is 11.8 Å². The molecule has 0 unspecified atom stereocenters. The minimum absolute atomic E-state index is 0.0392. The Hall–Kier alpha value is -1.84. The van der Waals surface area contributed by atoms with Crippen molar-refractivity contribution in [3.63, 3.8) is 0 Å². The molecule has 0 saturated carbocycles. The van der Waals surface area contributed by atoms with E-state index in [1.807, 2.05) is 30.3 Å². The minimum Gasteiger partial charge on any atom is -0.335 e. The van der Waals surface area contributed by atoms with Crippen LogP contribution in [-0.2, 0) is 16.0 Å². The first-order valence-corrected chi connectivity index (χ1v) is 7.86. The third kappa shape index (κ3) is 4.09. The van der Waals surface area contributed by atoms with Gasteiger partial charge in [-0.05, 0) is 17.4 Å². The molecule has 120 valence electrons. The summed E-state index contributed by atoms with van der Waals surface area (Å²) in [7, 11) is 1.71. The molecule has 1 aromatic carbocycles. The van der Waals surface area contributed by atoms with Gasteiger partial charge in [0.15, 0.2) is 0 Å². The van der Waals surface area contributed by atoms with E-state index in [1.54, 1.807) is 16.8 Å². The molecule has 1 fully saturated rings. The van der Waals surface area contributed by atoms with E-state index in [0.717, 1.165) is 12.0 Å². The van der Waals surface area contributed by atoms with Gasteiger partial charge in [-0.15, -0.1) is 0 Å². The number of likely N-dealkylation sites (N-methyl/N-ethyl adjacent to an activating group) is 1.